The average Bonchev–Trinajstić information content (AvgIpc) is 2.15. The van der Waals surface area contributed by atoms with Crippen LogP contribution in [-0.2, 0) is 6.54 Å². The molecule has 1 aromatic carbocycles. The first kappa shape index (κ1) is 12.9. The van der Waals surface area contributed by atoms with Gasteiger partial charge in [0.15, 0.2) is 0 Å². The number of hydrogen-bond acceptors (Lipinski definition) is 2. The maximum absolute atomic E-state index is 10.5. The summed E-state index contributed by atoms with van der Waals surface area (Å²) in [5.41, 5.74) is 1.44. The number of halogens is 1. The molecule has 0 aromatic heterocycles. The number of aromatic carboxylic acids is 1. The molecule has 0 saturated heterocycles. The summed E-state index contributed by atoms with van der Waals surface area (Å²) in [5, 5.41) is 11.8. The minimum atomic E-state index is -0.880. The van der Waals surface area contributed by atoms with Gasteiger partial charge in [-0.25, -0.2) is 4.79 Å². The Labute approximate surface area is 89.5 Å². The molecule has 0 saturated carbocycles. The van der Waals surface area contributed by atoms with Crippen LogP contribution in [0.1, 0.15) is 22.8 Å². The summed E-state index contributed by atoms with van der Waals surface area (Å²) in [4.78, 5) is 10.5. The van der Waals surface area contributed by atoms with Crippen molar-refractivity contribution in [2.45, 2.75) is 13.5 Å². The van der Waals surface area contributed by atoms with E-state index in [4.69, 9.17) is 5.11 Å². The zero-order valence-electron chi connectivity index (χ0n) is 7.99. The fourth-order valence-corrected chi connectivity index (χ4v) is 1.03. The molecule has 1 rings (SSSR count). The van der Waals surface area contributed by atoms with Crippen LogP contribution < -0.4 is 5.32 Å². The van der Waals surface area contributed by atoms with Gasteiger partial charge in [0.1, 0.15) is 0 Å². The van der Waals surface area contributed by atoms with E-state index in [2.05, 4.69) is 5.32 Å². The van der Waals surface area contributed by atoms with Crippen LogP contribution in [0.5, 0.6) is 0 Å². The summed E-state index contributed by atoms with van der Waals surface area (Å²) in [6.45, 7) is 3.74. The third kappa shape index (κ3) is 3.77. The Morgan fingerprint density at radius 2 is 1.93 bits per heavy atom. The molecular weight excluding hydrogens is 202 g/mol. The van der Waals surface area contributed by atoms with Gasteiger partial charge in [-0.05, 0) is 24.2 Å². The van der Waals surface area contributed by atoms with Crippen LogP contribution in [0.15, 0.2) is 24.3 Å². The summed E-state index contributed by atoms with van der Waals surface area (Å²) in [5.74, 6) is -0.880. The van der Waals surface area contributed by atoms with E-state index in [-0.39, 0.29) is 12.4 Å². The second-order valence-corrected chi connectivity index (χ2v) is 2.78. The Balaban J connectivity index is 0.00000169. The van der Waals surface area contributed by atoms with Crippen LogP contribution in [0.25, 0.3) is 0 Å². The Morgan fingerprint density at radius 1 is 1.36 bits per heavy atom. The van der Waals surface area contributed by atoms with Crippen molar-refractivity contribution in [2.75, 3.05) is 6.54 Å². The molecule has 78 valence electrons. The summed E-state index contributed by atoms with van der Waals surface area (Å²) in [7, 11) is 0. The number of carbonyl (C=O) groups is 1. The first-order valence-corrected chi connectivity index (χ1v) is 4.27. The van der Waals surface area contributed by atoms with Gasteiger partial charge in [-0.15, -0.1) is 12.4 Å². The zero-order chi connectivity index (χ0) is 9.68. The number of rotatable bonds is 4. The predicted octanol–water partition coefficient (Wildman–Crippen LogP) is 1.92. The second-order valence-electron chi connectivity index (χ2n) is 2.78. The van der Waals surface area contributed by atoms with Crippen LogP contribution in [0.2, 0.25) is 0 Å². The first-order valence-electron chi connectivity index (χ1n) is 4.27. The topological polar surface area (TPSA) is 49.3 Å². The molecule has 2 N–H and O–H groups in total. The highest BCUT2D eigenvalue weighted by Crippen LogP contribution is 2.03. The summed E-state index contributed by atoms with van der Waals surface area (Å²) < 4.78 is 0. The van der Waals surface area contributed by atoms with Gasteiger partial charge in [-0.2, -0.15) is 0 Å². The highest BCUT2D eigenvalue weighted by molar-refractivity contribution is 5.87. The Hall–Kier alpha value is -1.06. The van der Waals surface area contributed by atoms with Gasteiger partial charge in [-0.1, -0.05) is 19.1 Å². The van der Waals surface area contributed by atoms with Crippen molar-refractivity contribution in [3.05, 3.63) is 35.4 Å². The molecule has 0 amide bonds. The SMILES string of the molecule is CCNCc1ccc(C(=O)O)cc1.Cl. The summed E-state index contributed by atoms with van der Waals surface area (Å²) >= 11 is 0. The maximum Gasteiger partial charge on any atom is 0.335 e. The van der Waals surface area contributed by atoms with Crippen LogP contribution in [0.3, 0.4) is 0 Å². The Kier molecular flexibility index (Phi) is 5.92. The quantitative estimate of drug-likeness (QED) is 0.807. The molecule has 0 aliphatic carbocycles. The van der Waals surface area contributed by atoms with Crippen LogP contribution in [-0.4, -0.2) is 17.6 Å². The lowest BCUT2D eigenvalue weighted by Gasteiger charge is -2.01. The summed E-state index contributed by atoms with van der Waals surface area (Å²) in [6, 6.07) is 6.89. The van der Waals surface area contributed by atoms with E-state index in [0.717, 1.165) is 18.7 Å². The van der Waals surface area contributed by atoms with E-state index in [1.807, 2.05) is 19.1 Å². The largest absolute Gasteiger partial charge is 0.478 e. The van der Waals surface area contributed by atoms with E-state index in [1.54, 1.807) is 12.1 Å². The molecule has 1 aromatic rings. The van der Waals surface area contributed by atoms with E-state index < -0.39 is 5.97 Å². The fraction of sp³-hybridized carbons (Fsp3) is 0.300. The van der Waals surface area contributed by atoms with Crippen LogP contribution >= 0.6 is 12.4 Å². The van der Waals surface area contributed by atoms with Crippen molar-refractivity contribution < 1.29 is 9.90 Å². The Morgan fingerprint density at radius 3 is 2.36 bits per heavy atom. The third-order valence-electron chi connectivity index (χ3n) is 1.78. The number of benzene rings is 1. The van der Waals surface area contributed by atoms with Crippen molar-refractivity contribution in [1.29, 1.82) is 0 Å². The molecule has 4 heteroatoms. The lowest BCUT2D eigenvalue weighted by Crippen LogP contribution is -2.11. The van der Waals surface area contributed by atoms with Crippen LogP contribution in [0, 0.1) is 0 Å². The smallest absolute Gasteiger partial charge is 0.335 e. The third-order valence-corrected chi connectivity index (χ3v) is 1.78. The fourth-order valence-electron chi connectivity index (χ4n) is 1.03. The molecule has 0 radical (unpaired) electrons. The molecule has 3 nitrogen and oxygen atoms in total. The van der Waals surface area contributed by atoms with Gasteiger partial charge in [0, 0.05) is 6.54 Å². The van der Waals surface area contributed by atoms with Crippen molar-refractivity contribution in [2.24, 2.45) is 0 Å². The van der Waals surface area contributed by atoms with Gasteiger partial charge < -0.3 is 10.4 Å². The molecule has 14 heavy (non-hydrogen) atoms. The highest BCUT2D eigenvalue weighted by atomic mass is 35.5. The maximum atomic E-state index is 10.5. The van der Waals surface area contributed by atoms with E-state index in [9.17, 15) is 4.79 Å². The van der Waals surface area contributed by atoms with Crippen molar-refractivity contribution in [1.82, 2.24) is 5.32 Å². The van der Waals surface area contributed by atoms with Gasteiger partial charge >= 0.3 is 5.97 Å². The zero-order valence-corrected chi connectivity index (χ0v) is 8.80. The molecule has 0 fully saturated rings. The Bertz CT molecular complexity index is 285. The lowest BCUT2D eigenvalue weighted by atomic mass is 10.1. The standard InChI is InChI=1S/C10H13NO2.ClH/c1-2-11-7-8-3-5-9(6-4-8)10(12)13;/h3-6,11H,2,7H2,1H3,(H,12,13);1H. The molecule has 0 aliphatic heterocycles. The number of carboxylic acid groups (broad SMARTS) is 1. The minimum absolute atomic E-state index is 0. The van der Waals surface area contributed by atoms with Gasteiger partial charge in [0.2, 0.25) is 0 Å². The van der Waals surface area contributed by atoms with Crippen molar-refractivity contribution in [3.8, 4) is 0 Å². The molecule has 0 heterocycles. The van der Waals surface area contributed by atoms with Gasteiger partial charge in [0.05, 0.1) is 5.56 Å². The number of hydrogen-bond donors (Lipinski definition) is 2. The predicted molar refractivity (Wildman–Crippen MR) is 58.0 cm³/mol. The summed E-state index contributed by atoms with van der Waals surface area (Å²) in [6.07, 6.45) is 0. The molecule has 0 aliphatic rings. The molecule has 0 spiro atoms. The van der Waals surface area contributed by atoms with Gasteiger partial charge in [-0.3, -0.25) is 0 Å². The highest BCUT2D eigenvalue weighted by Gasteiger charge is 2.00. The number of nitrogens with one attached hydrogen (secondary N) is 1. The molecular formula is C10H14ClNO2. The monoisotopic (exact) mass is 215 g/mol. The van der Waals surface area contributed by atoms with Crippen molar-refractivity contribution in [3.63, 3.8) is 0 Å². The lowest BCUT2D eigenvalue weighted by molar-refractivity contribution is 0.0697. The average molecular weight is 216 g/mol. The second kappa shape index (κ2) is 6.40. The first-order chi connectivity index (χ1) is 6.24. The van der Waals surface area contributed by atoms with E-state index >= 15 is 0 Å². The molecule has 0 bridgehead atoms. The minimum Gasteiger partial charge on any atom is -0.478 e. The number of carboxylic acids is 1. The van der Waals surface area contributed by atoms with E-state index in [0.29, 0.717) is 5.56 Å². The van der Waals surface area contributed by atoms with Crippen LogP contribution in [0.4, 0.5) is 0 Å². The molecule has 0 unspecified atom stereocenters. The molecule has 0 atom stereocenters. The van der Waals surface area contributed by atoms with Gasteiger partial charge in [0.25, 0.3) is 0 Å². The van der Waals surface area contributed by atoms with E-state index in [1.165, 1.54) is 0 Å². The normalized spacial score (nSPS) is 9.21. The van der Waals surface area contributed by atoms with Crippen molar-refractivity contribution >= 4 is 18.4 Å².